The summed E-state index contributed by atoms with van der Waals surface area (Å²) < 4.78 is 5.67. The van der Waals surface area contributed by atoms with Gasteiger partial charge >= 0.3 is 0 Å². The molecular formula is C26H27N7O3. The number of nitrogens with two attached hydrogens (primary N) is 1. The van der Waals surface area contributed by atoms with Crippen molar-refractivity contribution in [1.82, 2.24) is 15.0 Å². The lowest BCUT2D eigenvalue weighted by atomic mass is 10.1. The number of aryl methyl sites for hydroxylation is 1. The largest absolute Gasteiger partial charge is 0.375 e. The molecule has 1 amide bonds. The standard InChI is InChI=1S/C26H27N7O3/c1-15-11-19(4-5-20(15)33-9-10-36-16(2)14-33)30-25-23-17(7-8-28-26(23)35)12-22(32-25)31-21-6-3-18(13-29-21)24(27)34/h3-8,11-13,16H,9-10,14H2,1-2H3,(H2,27,34)(H,28,35)(H2,29,30,31,32)/t16-/m1/s1. The molecule has 0 bridgehead atoms. The third kappa shape index (κ3) is 4.84. The summed E-state index contributed by atoms with van der Waals surface area (Å²) in [7, 11) is 0. The first kappa shape index (κ1) is 23.3. The van der Waals surface area contributed by atoms with E-state index in [0.29, 0.717) is 40.4 Å². The fourth-order valence-electron chi connectivity index (χ4n) is 4.38. The van der Waals surface area contributed by atoms with Gasteiger partial charge in [-0.15, -0.1) is 0 Å². The van der Waals surface area contributed by atoms with E-state index in [1.54, 1.807) is 24.4 Å². The van der Waals surface area contributed by atoms with Gasteiger partial charge in [-0.3, -0.25) is 9.59 Å². The number of ether oxygens (including phenoxy) is 1. The van der Waals surface area contributed by atoms with Gasteiger partial charge in [0.1, 0.15) is 17.5 Å². The number of aromatic amines is 1. The molecule has 0 aliphatic carbocycles. The number of anilines is 5. The minimum Gasteiger partial charge on any atom is -0.375 e. The maximum atomic E-state index is 12.7. The quantitative estimate of drug-likeness (QED) is 0.326. The monoisotopic (exact) mass is 485 g/mol. The van der Waals surface area contributed by atoms with Crippen LogP contribution in [0.5, 0.6) is 0 Å². The van der Waals surface area contributed by atoms with Gasteiger partial charge in [0.05, 0.1) is 23.7 Å². The molecule has 0 saturated carbocycles. The number of hydrogen-bond donors (Lipinski definition) is 4. The van der Waals surface area contributed by atoms with E-state index in [1.165, 1.54) is 6.20 Å². The number of fused-ring (bicyclic) bond motifs is 1. The maximum Gasteiger partial charge on any atom is 0.259 e. The van der Waals surface area contributed by atoms with Crippen molar-refractivity contribution in [2.75, 3.05) is 35.2 Å². The number of aromatic nitrogens is 3. The predicted octanol–water partition coefficient (Wildman–Crippen LogP) is 3.44. The van der Waals surface area contributed by atoms with Crippen molar-refractivity contribution in [1.29, 1.82) is 0 Å². The van der Waals surface area contributed by atoms with Crippen molar-refractivity contribution in [2.24, 2.45) is 5.73 Å². The summed E-state index contributed by atoms with van der Waals surface area (Å²) in [5, 5.41) is 7.61. The molecule has 10 nitrogen and oxygen atoms in total. The third-order valence-electron chi connectivity index (χ3n) is 6.10. The highest BCUT2D eigenvalue weighted by Gasteiger charge is 2.19. The van der Waals surface area contributed by atoms with Crippen LogP contribution in [0.25, 0.3) is 10.8 Å². The van der Waals surface area contributed by atoms with Crippen LogP contribution in [0.2, 0.25) is 0 Å². The third-order valence-corrected chi connectivity index (χ3v) is 6.10. The molecular weight excluding hydrogens is 458 g/mol. The average molecular weight is 486 g/mol. The molecule has 5 N–H and O–H groups in total. The van der Waals surface area contributed by atoms with E-state index >= 15 is 0 Å². The van der Waals surface area contributed by atoms with Crippen LogP contribution in [0.4, 0.5) is 28.8 Å². The Bertz CT molecular complexity index is 1480. The van der Waals surface area contributed by atoms with Crippen LogP contribution in [0.3, 0.4) is 0 Å². The van der Waals surface area contributed by atoms with E-state index in [1.807, 2.05) is 18.2 Å². The summed E-state index contributed by atoms with van der Waals surface area (Å²) >= 11 is 0. The normalized spacial score (nSPS) is 15.6. The second kappa shape index (κ2) is 9.67. The highest BCUT2D eigenvalue weighted by Crippen LogP contribution is 2.30. The molecule has 1 saturated heterocycles. The SMILES string of the molecule is Cc1cc(Nc2nc(Nc3ccc(C(N)=O)cn3)cc3cc[nH]c(=O)c23)ccc1N1CCO[C@H](C)C1. The van der Waals surface area contributed by atoms with Crippen LogP contribution in [0, 0.1) is 6.92 Å². The van der Waals surface area contributed by atoms with Gasteiger partial charge in [-0.1, -0.05) is 0 Å². The molecule has 1 fully saturated rings. The van der Waals surface area contributed by atoms with Crippen LogP contribution in [0.15, 0.2) is 59.7 Å². The summed E-state index contributed by atoms with van der Waals surface area (Å²) in [6, 6.07) is 12.9. The van der Waals surface area contributed by atoms with Crippen molar-refractivity contribution < 1.29 is 9.53 Å². The van der Waals surface area contributed by atoms with Gasteiger partial charge in [0, 0.05) is 36.9 Å². The average Bonchev–Trinajstić information content (AvgIpc) is 2.84. The summed E-state index contributed by atoms with van der Waals surface area (Å²) in [6.07, 6.45) is 3.19. The molecule has 1 aromatic carbocycles. The molecule has 0 spiro atoms. The summed E-state index contributed by atoms with van der Waals surface area (Å²) in [5.74, 6) is 0.846. The van der Waals surface area contributed by atoms with Crippen LogP contribution >= 0.6 is 0 Å². The zero-order valence-electron chi connectivity index (χ0n) is 20.0. The highest BCUT2D eigenvalue weighted by molar-refractivity contribution is 5.95. The number of nitrogens with one attached hydrogen (secondary N) is 3. The van der Waals surface area contributed by atoms with Crippen LogP contribution in [0.1, 0.15) is 22.8 Å². The number of benzene rings is 1. The maximum absolute atomic E-state index is 12.7. The lowest BCUT2D eigenvalue weighted by molar-refractivity contribution is 0.0532. The number of nitrogens with zero attached hydrogens (tertiary/aromatic N) is 3. The minimum absolute atomic E-state index is 0.190. The Morgan fingerprint density at radius 3 is 2.75 bits per heavy atom. The number of hydrogen-bond acceptors (Lipinski definition) is 8. The molecule has 184 valence electrons. The first-order valence-corrected chi connectivity index (χ1v) is 11.7. The number of H-pyrrole nitrogens is 1. The van der Waals surface area contributed by atoms with Crippen molar-refractivity contribution in [3.8, 4) is 0 Å². The van der Waals surface area contributed by atoms with E-state index in [-0.39, 0.29) is 11.7 Å². The van der Waals surface area contributed by atoms with Gasteiger partial charge in [0.15, 0.2) is 0 Å². The molecule has 0 radical (unpaired) electrons. The Balaban J connectivity index is 1.46. The number of rotatable bonds is 6. The van der Waals surface area contributed by atoms with Gasteiger partial charge in [-0.2, -0.15) is 0 Å². The lowest BCUT2D eigenvalue weighted by Crippen LogP contribution is -2.41. The second-order valence-corrected chi connectivity index (χ2v) is 8.80. The van der Waals surface area contributed by atoms with Gasteiger partial charge in [-0.05, 0) is 67.3 Å². The molecule has 10 heteroatoms. The summed E-state index contributed by atoms with van der Waals surface area (Å²) in [6.45, 7) is 6.55. The number of morpholine rings is 1. The first-order chi connectivity index (χ1) is 17.4. The zero-order chi connectivity index (χ0) is 25.2. The topological polar surface area (TPSA) is 138 Å². The van der Waals surface area contributed by atoms with E-state index in [4.69, 9.17) is 10.5 Å². The van der Waals surface area contributed by atoms with E-state index < -0.39 is 5.91 Å². The molecule has 0 unspecified atom stereocenters. The highest BCUT2D eigenvalue weighted by atomic mass is 16.5. The van der Waals surface area contributed by atoms with Gasteiger partial charge < -0.3 is 31.0 Å². The molecule has 1 atom stereocenters. The number of carbonyl (C=O) groups is 1. The fourth-order valence-corrected chi connectivity index (χ4v) is 4.38. The van der Waals surface area contributed by atoms with E-state index in [2.05, 4.69) is 50.4 Å². The molecule has 4 aromatic rings. The van der Waals surface area contributed by atoms with Crippen LogP contribution in [-0.4, -0.2) is 46.7 Å². The Morgan fingerprint density at radius 2 is 2.03 bits per heavy atom. The molecule has 4 heterocycles. The number of carbonyl (C=O) groups excluding carboxylic acids is 1. The molecule has 5 rings (SSSR count). The first-order valence-electron chi connectivity index (χ1n) is 11.7. The fraction of sp³-hybridized carbons (Fsp3) is 0.231. The Morgan fingerprint density at radius 1 is 1.17 bits per heavy atom. The van der Waals surface area contributed by atoms with Gasteiger partial charge in [-0.25, -0.2) is 9.97 Å². The van der Waals surface area contributed by atoms with Crippen molar-refractivity contribution >= 4 is 45.5 Å². The Kier molecular flexibility index (Phi) is 6.26. The summed E-state index contributed by atoms with van der Waals surface area (Å²) in [5.41, 5.74) is 8.45. The minimum atomic E-state index is -0.548. The van der Waals surface area contributed by atoms with Crippen molar-refractivity contribution in [3.05, 3.63) is 76.3 Å². The molecule has 36 heavy (non-hydrogen) atoms. The van der Waals surface area contributed by atoms with Crippen molar-refractivity contribution in [3.63, 3.8) is 0 Å². The lowest BCUT2D eigenvalue weighted by Gasteiger charge is -2.34. The van der Waals surface area contributed by atoms with Crippen LogP contribution in [-0.2, 0) is 4.74 Å². The number of primary amides is 1. The van der Waals surface area contributed by atoms with Gasteiger partial charge in [0.2, 0.25) is 5.91 Å². The molecule has 3 aromatic heterocycles. The summed E-state index contributed by atoms with van der Waals surface area (Å²) in [4.78, 5) is 37.9. The van der Waals surface area contributed by atoms with E-state index in [0.717, 1.165) is 30.0 Å². The second-order valence-electron chi connectivity index (χ2n) is 8.80. The Hall–Kier alpha value is -4.44. The smallest absolute Gasteiger partial charge is 0.259 e. The van der Waals surface area contributed by atoms with E-state index in [9.17, 15) is 9.59 Å². The molecule has 1 aliphatic heterocycles. The number of pyridine rings is 3. The predicted molar refractivity (Wildman–Crippen MR) is 140 cm³/mol. The zero-order valence-corrected chi connectivity index (χ0v) is 20.0. The Labute approximate surface area is 207 Å². The van der Waals surface area contributed by atoms with Gasteiger partial charge in [0.25, 0.3) is 5.56 Å². The van der Waals surface area contributed by atoms with Crippen molar-refractivity contribution in [2.45, 2.75) is 20.0 Å². The van der Waals surface area contributed by atoms with Crippen LogP contribution < -0.4 is 26.8 Å². The number of amides is 1. The molecule has 1 aliphatic rings.